The predicted molar refractivity (Wildman–Crippen MR) is 106 cm³/mol. The second-order valence-corrected chi connectivity index (χ2v) is 8.50. The molecule has 2 amide bonds. The van der Waals surface area contributed by atoms with Gasteiger partial charge in [0.1, 0.15) is 5.69 Å². The fraction of sp³-hybridized carbons (Fsp3) is 0.667. The fourth-order valence-electron chi connectivity index (χ4n) is 5.13. The van der Waals surface area contributed by atoms with Crippen LogP contribution in [0.25, 0.3) is 0 Å². The number of nitrogens with one attached hydrogen (secondary N) is 1. The van der Waals surface area contributed by atoms with E-state index >= 15 is 0 Å². The molecule has 1 aliphatic carbocycles. The monoisotopic (exact) mass is 386 g/mol. The highest BCUT2D eigenvalue weighted by Gasteiger charge is 2.50. The summed E-state index contributed by atoms with van der Waals surface area (Å²) in [5.74, 6) is 0.106. The van der Waals surface area contributed by atoms with Crippen LogP contribution in [0.5, 0.6) is 0 Å². The van der Waals surface area contributed by atoms with E-state index < -0.39 is 0 Å². The smallest absolute Gasteiger partial charge is 0.269 e. The summed E-state index contributed by atoms with van der Waals surface area (Å²) >= 11 is 0. The minimum atomic E-state index is -0.298. The molecule has 0 bridgehead atoms. The maximum atomic E-state index is 13.4. The lowest BCUT2D eigenvalue weighted by Gasteiger charge is -2.41. The van der Waals surface area contributed by atoms with Gasteiger partial charge in [0.05, 0.1) is 23.4 Å². The summed E-state index contributed by atoms with van der Waals surface area (Å²) in [4.78, 5) is 33.7. The zero-order valence-electron chi connectivity index (χ0n) is 16.6. The van der Waals surface area contributed by atoms with Crippen LogP contribution < -0.4 is 10.2 Å². The van der Waals surface area contributed by atoms with Crippen molar-refractivity contribution in [1.29, 1.82) is 0 Å². The maximum absolute atomic E-state index is 13.4. The van der Waals surface area contributed by atoms with Crippen LogP contribution in [0.2, 0.25) is 0 Å². The molecule has 7 nitrogen and oxygen atoms in total. The number of hydrogen-bond donors (Lipinski definition) is 2. The molecule has 1 aromatic rings. The van der Waals surface area contributed by atoms with Gasteiger partial charge < -0.3 is 20.2 Å². The second-order valence-electron chi connectivity index (χ2n) is 8.50. The molecular formula is C21H30N4O3. The van der Waals surface area contributed by atoms with Crippen molar-refractivity contribution in [3.63, 3.8) is 0 Å². The molecule has 1 atom stereocenters. The number of anilines is 1. The van der Waals surface area contributed by atoms with Crippen LogP contribution in [0.4, 0.5) is 5.69 Å². The third kappa shape index (κ3) is 3.48. The number of aliphatic hydroxyl groups is 1. The Labute approximate surface area is 166 Å². The first-order valence-corrected chi connectivity index (χ1v) is 10.4. The number of carbonyl (C=O) groups excluding carboxylic acids is 2. The van der Waals surface area contributed by atoms with Gasteiger partial charge in [-0.1, -0.05) is 0 Å². The number of piperidine rings is 1. The largest absolute Gasteiger partial charge is 0.393 e. The summed E-state index contributed by atoms with van der Waals surface area (Å²) in [6, 6.07) is 3.96. The summed E-state index contributed by atoms with van der Waals surface area (Å²) in [6.07, 6.45) is 7.81. The summed E-state index contributed by atoms with van der Waals surface area (Å²) in [6.45, 7) is 2.46. The molecule has 1 aromatic heterocycles. The van der Waals surface area contributed by atoms with Gasteiger partial charge in [0.2, 0.25) is 5.91 Å². The minimum Gasteiger partial charge on any atom is -0.393 e. The zero-order valence-corrected chi connectivity index (χ0v) is 16.6. The van der Waals surface area contributed by atoms with Gasteiger partial charge in [-0.15, -0.1) is 0 Å². The van der Waals surface area contributed by atoms with Gasteiger partial charge in [0.15, 0.2) is 0 Å². The first-order valence-electron chi connectivity index (χ1n) is 10.4. The number of carbonyl (C=O) groups is 2. The SMILES string of the molecule is CNC(=O)c1ccc(N2CCC[C@]3(CCN([C@H]4CC[C@H](O)CC4)C3=O)C2)cn1. The summed E-state index contributed by atoms with van der Waals surface area (Å²) in [5, 5.41) is 12.4. The Morgan fingerprint density at radius 3 is 2.68 bits per heavy atom. The zero-order chi connectivity index (χ0) is 19.7. The van der Waals surface area contributed by atoms with Crippen molar-refractivity contribution < 1.29 is 14.7 Å². The van der Waals surface area contributed by atoms with Gasteiger partial charge >= 0.3 is 0 Å². The molecule has 0 aromatic carbocycles. The van der Waals surface area contributed by atoms with E-state index in [-0.39, 0.29) is 17.4 Å². The van der Waals surface area contributed by atoms with E-state index in [1.807, 2.05) is 6.07 Å². The third-order valence-corrected chi connectivity index (χ3v) is 6.80. The van der Waals surface area contributed by atoms with E-state index in [1.165, 1.54) is 0 Å². The van der Waals surface area contributed by atoms with Crippen molar-refractivity contribution >= 4 is 17.5 Å². The number of aliphatic hydroxyl groups excluding tert-OH is 1. The molecule has 152 valence electrons. The Bertz CT molecular complexity index is 730. The number of aromatic nitrogens is 1. The van der Waals surface area contributed by atoms with Crippen molar-refractivity contribution in [2.75, 3.05) is 31.6 Å². The van der Waals surface area contributed by atoms with E-state index in [1.54, 1.807) is 19.3 Å². The van der Waals surface area contributed by atoms with Gasteiger partial charge in [0, 0.05) is 32.7 Å². The van der Waals surface area contributed by atoms with Crippen LogP contribution in [0.15, 0.2) is 18.3 Å². The van der Waals surface area contributed by atoms with Crippen molar-refractivity contribution in [2.45, 2.75) is 57.1 Å². The maximum Gasteiger partial charge on any atom is 0.269 e. The topological polar surface area (TPSA) is 85.8 Å². The molecule has 0 unspecified atom stereocenters. The van der Waals surface area contributed by atoms with E-state index in [2.05, 4.69) is 20.1 Å². The van der Waals surface area contributed by atoms with Crippen LogP contribution in [0.1, 0.15) is 55.4 Å². The first-order chi connectivity index (χ1) is 13.5. The lowest BCUT2D eigenvalue weighted by Crippen LogP contribution is -2.50. The summed E-state index contributed by atoms with van der Waals surface area (Å²) in [7, 11) is 1.59. The quantitative estimate of drug-likeness (QED) is 0.824. The lowest BCUT2D eigenvalue weighted by atomic mass is 9.78. The van der Waals surface area contributed by atoms with Crippen LogP contribution in [0, 0.1) is 5.41 Å². The molecule has 3 aliphatic rings. The number of hydrogen-bond acceptors (Lipinski definition) is 5. The molecular weight excluding hydrogens is 356 g/mol. The van der Waals surface area contributed by atoms with E-state index in [0.29, 0.717) is 17.6 Å². The molecule has 3 heterocycles. The first kappa shape index (κ1) is 19.2. The predicted octanol–water partition coefficient (Wildman–Crippen LogP) is 1.56. The van der Waals surface area contributed by atoms with Crippen LogP contribution in [-0.2, 0) is 4.79 Å². The van der Waals surface area contributed by atoms with E-state index in [9.17, 15) is 14.7 Å². The molecule has 2 aliphatic heterocycles. The minimum absolute atomic E-state index is 0.194. The molecule has 0 radical (unpaired) electrons. The second kappa shape index (κ2) is 7.70. The molecule has 3 fully saturated rings. The normalized spacial score (nSPS) is 30.7. The highest BCUT2D eigenvalue weighted by Crippen LogP contribution is 2.43. The third-order valence-electron chi connectivity index (χ3n) is 6.80. The number of pyridine rings is 1. The van der Waals surface area contributed by atoms with Crippen LogP contribution in [0.3, 0.4) is 0 Å². The molecule has 7 heteroatoms. The van der Waals surface area contributed by atoms with Gasteiger partial charge in [-0.2, -0.15) is 0 Å². The van der Waals surface area contributed by atoms with E-state index in [4.69, 9.17) is 0 Å². The lowest BCUT2D eigenvalue weighted by molar-refractivity contribution is -0.139. The van der Waals surface area contributed by atoms with E-state index in [0.717, 1.165) is 70.3 Å². The fourth-order valence-corrected chi connectivity index (χ4v) is 5.13. The number of likely N-dealkylation sites (tertiary alicyclic amines) is 1. The van der Waals surface area contributed by atoms with Gasteiger partial charge in [0.25, 0.3) is 5.91 Å². The molecule has 28 heavy (non-hydrogen) atoms. The Morgan fingerprint density at radius 2 is 2.00 bits per heavy atom. The van der Waals surface area contributed by atoms with Crippen molar-refractivity contribution in [1.82, 2.24) is 15.2 Å². The number of amides is 2. The molecule has 2 N–H and O–H groups in total. The molecule has 2 saturated heterocycles. The highest BCUT2D eigenvalue weighted by atomic mass is 16.3. The highest BCUT2D eigenvalue weighted by molar-refractivity contribution is 5.92. The van der Waals surface area contributed by atoms with Crippen LogP contribution in [-0.4, -0.2) is 65.6 Å². The Morgan fingerprint density at radius 1 is 1.21 bits per heavy atom. The average molecular weight is 386 g/mol. The molecule has 4 rings (SSSR count). The summed E-state index contributed by atoms with van der Waals surface area (Å²) < 4.78 is 0. The Kier molecular flexibility index (Phi) is 5.27. The van der Waals surface area contributed by atoms with Crippen molar-refractivity contribution in [3.8, 4) is 0 Å². The number of rotatable bonds is 3. The van der Waals surface area contributed by atoms with Gasteiger partial charge in [-0.3, -0.25) is 9.59 Å². The van der Waals surface area contributed by atoms with Gasteiger partial charge in [-0.25, -0.2) is 4.98 Å². The average Bonchev–Trinajstić information content (AvgIpc) is 3.04. The van der Waals surface area contributed by atoms with Crippen LogP contribution >= 0.6 is 0 Å². The Hall–Kier alpha value is -2.15. The number of nitrogens with zero attached hydrogens (tertiary/aromatic N) is 3. The standard InChI is InChI=1S/C21H30N4O3/c1-22-19(27)18-8-5-16(13-23-18)24-11-2-9-21(14-24)10-12-25(20(21)28)15-3-6-17(26)7-4-15/h5,8,13,15,17,26H,2-4,6-7,9-12,14H2,1H3,(H,22,27)/t15-,17-,21-/m0/s1. The molecule has 1 saturated carbocycles. The van der Waals surface area contributed by atoms with Gasteiger partial charge in [-0.05, 0) is 57.1 Å². The van der Waals surface area contributed by atoms with Crippen molar-refractivity contribution in [2.24, 2.45) is 5.41 Å². The van der Waals surface area contributed by atoms with Crippen molar-refractivity contribution in [3.05, 3.63) is 24.0 Å². The summed E-state index contributed by atoms with van der Waals surface area (Å²) in [5.41, 5.74) is 1.08. The Balaban J connectivity index is 1.46. The molecule has 1 spiro atoms.